The van der Waals surface area contributed by atoms with Crippen LogP contribution in [0.3, 0.4) is 0 Å². The fourth-order valence-electron chi connectivity index (χ4n) is 3.89. The number of hydrogen-bond donors (Lipinski definition) is 2. The molecule has 1 amide bonds. The smallest absolute Gasteiger partial charge is 0.258 e. The van der Waals surface area contributed by atoms with Crippen molar-refractivity contribution < 1.29 is 13.9 Å². The van der Waals surface area contributed by atoms with Crippen molar-refractivity contribution in [1.29, 1.82) is 0 Å². The number of nitrogens with zero attached hydrogens (tertiary/aromatic N) is 5. The lowest BCUT2D eigenvalue weighted by molar-refractivity contribution is 0.0956. The van der Waals surface area contributed by atoms with E-state index in [9.17, 15) is 9.18 Å². The Hall–Kier alpha value is -3.14. The zero-order valence-corrected chi connectivity index (χ0v) is 17.8. The second-order valence-electron chi connectivity index (χ2n) is 7.22. The SMILES string of the molecule is COc1ncc(F)cc1C1CCCN1c1ccn2nc(N)c(C(=O)NCCCCl)c2n1. The van der Waals surface area contributed by atoms with E-state index in [1.54, 1.807) is 12.3 Å². The number of pyridine rings is 1. The zero-order valence-electron chi connectivity index (χ0n) is 17.0. The molecule has 1 saturated heterocycles. The summed E-state index contributed by atoms with van der Waals surface area (Å²) in [6.45, 7) is 1.15. The van der Waals surface area contributed by atoms with Gasteiger partial charge in [-0.1, -0.05) is 0 Å². The standard InChI is InChI=1S/C20H23ClFN7O2/c1-31-20-13(10-12(22)11-25-20)14-4-2-8-28(14)15-5-9-29-18(26-15)16(17(23)27-29)19(30)24-7-3-6-21/h5,9-11,14H,2-4,6-8H2,1H3,(H2,23,27)(H,24,30). The highest BCUT2D eigenvalue weighted by Crippen LogP contribution is 2.39. The van der Waals surface area contributed by atoms with Crippen molar-refractivity contribution in [3.05, 3.63) is 41.5 Å². The third kappa shape index (κ3) is 4.07. The van der Waals surface area contributed by atoms with Crippen molar-refractivity contribution in [2.24, 2.45) is 0 Å². The highest BCUT2D eigenvalue weighted by Gasteiger charge is 2.31. The summed E-state index contributed by atoms with van der Waals surface area (Å²) in [6.07, 6.45) is 5.17. The normalized spacial score (nSPS) is 16.1. The van der Waals surface area contributed by atoms with Gasteiger partial charge < -0.3 is 20.7 Å². The van der Waals surface area contributed by atoms with E-state index in [2.05, 4.69) is 25.3 Å². The molecule has 1 atom stereocenters. The van der Waals surface area contributed by atoms with Crippen LogP contribution in [-0.4, -0.2) is 51.6 Å². The fraction of sp³-hybridized carbons (Fsp3) is 0.400. The van der Waals surface area contributed by atoms with E-state index in [4.69, 9.17) is 22.1 Å². The minimum atomic E-state index is -0.425. The van der Waals surface area contributed by atoms with Crippen LogP contribution < -0.4 is 20.7 Å². The number of carbonyl (C=O) groups excluding carboxylic acids is 1. The van der Waals surface area contributed by atoms with Crippen LogP contribution in [0, 0.1) is 5.82 Å². The molecule has 4 heterocycles. The molecule has 4 rings (SSSR count). The Morgan fingerprint density at radius 3 is 3.10 bits per heavy atom. The number of anilines is 2. The second kappa shape index (κ2) is 8.93. The van der Waals surface area contributed by atoms with Gasteiger partial charge in [0.15, 0.2) is 11.5 Å². The molecular weight excluding hydrogens is 425 g/mol. The number of carbonyl (C=O) groups is 1. The molecule has 0 radical (unpaired) electrons. The first-order valence-electron chi connectivity index (χ1n) is 9.98. The molecule has 1 fully saturated rings. The number of nitrogen functional groups attached to an aromatic ring is 1. The summed E-state index contributed by atoms with van der Waals surface area (Å²) in [7, 11) is 1.51. The summed E-state index contributed by atoms with van der Waals surface area (Å²) in [5.74, 6) is 0.786. The van der Waals surface area contributed by atoms with E-state index in [0.717, 1.165) is 19.0 Å². The molecule has 0 aromatic carbocycles. The molecule has 0 saturated carbocycles. The number of amides is 1. The molecule has 1 aliphatic heterocycles. The molecule has 9 nitrogen and oxygen atoms in total. The number of nitrogens with two attached hydrogens (primary N) is 1. The first kappa shape index (κ1) is 21.1. The molecule has 31 heavy (non-hydrogen) atoms. The Labute approximate surface area is 183 Å². The topological polar surface area (TPSA) is 111 Å². The van der Waals surface area contributed by atoms with Crippen LogP contribution in [0.15, 0.2) is 24.5 Å². The third-order valence-corrected chi connectivity index (χ3v) is 5.53. The number of alkyl halides is 1. The molecule has 0 aliphatic carbocycles. The number of methoxy groups -OCH3 is 1. The molecule has 0 spiro atoms. The minimum Gasteiger partial charge on any atom is -0.481 e. The van der Waals surface area contributed by atoms with Gasteiger partial charge in [0, 0.05) is 30.7 Å². The molecule has 3 N–H and O–H groups in total. The lowest BCUT2D eigenvalue weighted by Gasteiger charge is -2.26. The second-order valence-corrected chi connectivity index (χ2v) is 7.59. The van der Waals surface area contributed by atoms with Crippen LogP contribution >= 0.6 is 11.6 Å². The Morgan fingerprint density at radius 2 is 2.32 bits per heavy atom. The fourth-order valence-corrected chi connectivity index (χ4v) is 4.02. The number of aromatic nitrogens is 4. The first-order chi connectivity index (χ1) is 15.0. The maximum Gasteiger partial charge on any atom is 0.258 e. The molecule has 0 bridgehead atoms. The minimum absolute atomic E-state index is 0.0991. The number of rotatable bonds is 7. The largest absolute Gasteiger partial charge is 0.481 e. The summed E-state index contributed by atoms with van der Waals surface area (Å²) >= 11 is 5.68. The van der Waals surface area contributed by atoms with E-state index in [0.29, 0.717) is 48.3 Å². The Morgan fingerprint density at radius 1 is 1.48 bits per heavy atom. The van der Waals surface area contributed by atoms with Crippen molar-refractivity contribution >= 4 is 34.8 Å². The highest BCUT2D eigenvalue weighted by molar-refractivity contribution is 6.17. The Bertz CT molecular complexity index is 1110. The summed E-state index contributed by atoms with van der Waals surface area (Å²) in [5, 5.41) is 6.98. The average molecular weight is 448 g/mol. The zero-order chi connectivity index (χ0) is 22.0. The lowest BCUT2D eigenvalue weighted by Crippen LogP contribution is -2.26. The van der Waals surface area contributed by atoms with Gasteiger partial charge in [0.2, 0.25) is 5.88 Å². The van der Waals surface area contributed by atoms with Crippen molar-refractivity contribution in [2.45, 2.75) is 25.3 Å². The average Bonchev–Trinajstić information content (AvgIpc) is 3.37. The van der Waals surface area contributed by atoms with Crippen LogP contribution in [0.25, 0.3) is 5.65 Å². The van der Waals surface area contributed by atoms with Gasteiger partial charge in [0.05, 0.1) is 19.3 Å². The first-order valence-corrected chi connectivity index (χ1v) is 10.5. The van der Waals surface area contributed by atoms with Gasteiger partial charge in [0.1, 0.15) is 17.2 Å². The van der Waals surface area contributed by atoms with Gasteiger partial charge in [-0.05, 0) is 31.4 Å². The number of fused-ring (bicyclic) bond motifs is 1. The molecule has 1 aliphatic rings. The van der Waals surface area contributed by atoms with Gasteiger partial charge in [-0.15, -0.1) is 16.7 Å². The van der Waals surface area contributed by atoms with E-state index in [-0.39, 0.29) is 23.3 Å². The molecular formula is C20H23ClFN7O2. The van der Waals surface area contributed by atoms with Gasteiger partial charge in [-0.3, -0.25) is 4.79 Å². The van der Waals surface area contributed by atoms with Crippen LogP contribution in [0.1, 0.15) is 41.2 Å². The summed E-state index contributed by atoms with van der Waals surface area (Å²) in [6, 6.07) is 3.08. The Balaban J connectivity index is 1.70. The summed E-state index contributed by atoms with van der Waals surface area (Å²) in [5.41, 5.74) is 7.23. The molecule has 3 aromatic rings. The third-order valence-electron chi connectivity index (χ3n) is 5.27. The van der Waals surface area contributed by atoms with Crippen LogP contribution in [0.5, 0.6) is 5.88 Å². The molecule has 11 heteroatoms. The van der Waals surface area contributed by atoms with E-state index in [1.165, 1.54) is 17.7 Å². The van der Waals surface area contributed by atoms with E-state index < -0.39 is 5.82 Å². The maximum atomic E-state index is 13.9. The number of hydrogen-bond acceptors (Lipinski definition) is 7. The van der Waals surface area contributed by atoms with Crippen LogP contribution in [0.4, 0.5) is 16.0 Å². The van der Waals surface area contributed by atoms with Gasteiger partial charge >= 0.3 is 0 Å². The summed E-state index contributed by atoms with van der Waals surface area (Å²) in [4.78, 5) is 23.4. The number of nitrogens with one attached hydrogen (secondary N) is 1. The predicted molar refractivity (Wildman–Crippen MR) is 115 cm³/mol. The maximum absolute atomic E-state index is 13.9. The van der Waals surface area contributed by atoms with E-state index in [1.807, 2.05) is 0 Å². The molecule has 164 valence electrons. The molecule has 1 unspecified atom stereocenters. The van der Waals surface area contributed by atoms with Crippen molar-refractivity contribution in [3.63, 3.8) is 0 Å². The lowest BCUT2D eigenvalue weighted by atomic mass is 10.1. The quantitative estimate of drug-likeness (QED) is 0.423. The number of halogens is 2. The number of ether oxygens (including phenoxy) is 1. The van der Waals surface area contributed by atoms with Gasteiger partial charge in [-0.25, -0.2) is 18.9 Å². The summed E-state index contributed by atoms with van der Waals surface area (Å²) < 4.78 is 20.7. The monoisotopic (exact) mass is 447 g/mol. The highest BCUT2D eigenvalue weighted by atomic mass is 35.5. The van der Waals surface area contributed by atoms with Crippen molar-refractivity contribution in [2.75, 3.05) is 36.7 Å². The van der Waals surface area contributed by atoms with Crippen molar-refractivity contribution in [1.82, 2.24) is 24.9 Å². The van der Waals surface area contributed by atoms with Crippen molar-refractivity contribution in [3.8, 4) is 5.88 Å². The predicted octanol–water partition coefficient (Wildman–Crippen LogP) is 2.55. The van der Waals surface area contributed by atoms with Crippen LogP contribution in [0.2, 0.25) is 0 Å². The van der Waals surface area contributed by atoms with Crippen LogP contribution in [-0.2, 0) is 0 Å². The van der Waals surface area contributed by atoms with Gasteiger partial charge in [0.25, 0.3) is 5.91 Å². The van der Waals surface area contributed by atoms with Gasteiger partial charge in [-0.2, -0.15) is 0 Å². The van der Waals surface area contributed by atoms with E-state index >= 15 is 0 Å². The molecule has 3 aromatic heterocycles. The Kier molecular flexibility index (Phi) is 6.08.